The predicted molar refractivity (Wildman–Crippen MR) is 115 cm³/mol. The number of morpholine rings is 1. The first-order valence-electron chi connectivity index (χ1n) is 9.05. The fraction of sp³-hybridized carbons (Fsp3) is 0.263. The average molecular weight is 431 g/mol. The summed E-state index contributed by atoms with van der Waals surface area (Å²) >= 11 is 7.43. The quantitative estimate of drug-likeness (QED) is 0.637. The summed E-state index contributed by atoms with van der Waals surface area (Å²) in [5.41, 5.74) is 1.49. The van der Waals surface area contributed by atoms with Crippen LogP contribution in [0.15, 0.2) is 36.8 Å². The third kappa shape index (κ3) is 4.47. The summed E-state index contributed by atoms with van der Waals surface area (Å²) in [6.45, 7) is 4.69. The second-order valence-corrected chi connectivity index (χ2v) is 7.81. The number of benzene rings is 1. The van der Waals surface area contributed by atoms with E-state index in [2.05, 4.69) is 30.5 Å². The number of nitrogens with zero attached hydrogens (tertiary/aromatic N) is 4. The van der Waals surface area contributed by atoms with Crippen LogP contribution in [-0.2, 0) is 4.74 Å². The molecule has 0 atom stereocenters. The van der Waals surface area contributed by atoms with Crippen molar-refractivity contribution in [2.45, 2.75) is 6.92 Å². The van der Waals surface area contributed by atoms with Crippen molar-refractivity contribution in [1.29, 1.82) is 0 Å². The van der Waals surface area contributed by atoms with Crippen molar-refractivity contribution >= 4 is 51.3 Å². The zero-order chi connectivity index (χ0) is 20.2. The Morgan fingerprint density at radius 3 is 2.79 bits per heavy atom. The highest BCUT2D eigenvalue weighted by Crippen LogP contribution is 2.29. The first kappa shape index (κ1) is 19.6. The molecule has 150 valence electrons. The van der Waals surface area contributed by atoms with Crippen LogP contribution in [0, 0.1) is 6.92 Å². The van der Waals surface area contributed by atoms with E-state index in [0.717, 1.165) is 24.5 Å². The molecule has 4 rings (SSSR count). The van der Waals surface area contributed by atoms with Crippen LogP contribution in [0.3, 0.4) is 0 Å². The smallest absolute Gasteiger partial charge is 0.267 e. The minimum atomic E-state index is -0.265. The summed E-state index contributed by atoms with van der Waals surface area (Å²) in [6.07, 6.45) is 4.80. The number of thiazole rings is 1. The highest BCUT2D eigenvalue weighted by molar-refractivity contribution is 7.17. The van der Waals surface area contributed by atoms with E-state index in [1.54, 1.807) is 18.5 Å². The Morgan fingerprint density at radius 1 is 1.21 bits per heavy atom. The monoisotopic (exact) mass is 430 g/mol. The lowest BCUT2D eigenvalue weighted by Gasteiger charge is -2.28. The Labute approximate surface area is 176 Å². The summed E-state index contributed by atoms with van der Waals surface area (Å²) in [6, 6.07) is 5.47. The van der Waals surface area contributed by atoms with Crippen molar-refractivity contribution in [2.24, 2.45) is 0 Å². The number of carbonyl (C=O) groups excluding carboxylic acids is 1. The molecule has 0 radical (unpaired) electrons. The van der Waals surface area contributed by atoms with Gasteiger partial charge in [0.25, 0.3) is 5.91 Å². The summed E-state index contributed by atoms with van der Waals surface area (Å²) in [5, 5.41) is 7.09. The molecule has 1 aromatic carbocycles. The van der Waals surface area contributed by atoms with E-state index in [-0.39, 0.29) is 5.91 Å². The molecule has 2 aromatic heterocycles. The van der Waals surface area contributed by atoms with E-state index in [9.17, 15) is 4.79 Å². The number of halogens is 1. The Balaban J connectivity index is 1.49. The maximum atomic E-state index is 12.6. The average Bonchev–Trinajstić information content (AvgIpc) is 3.20. The summed E-state index contributed by atoms with van der Waals surface area (Å²) < 4.78 is 5.40. The summed E-state index contributed by atoms with van der Waals surface area (Å²) in [4.78, 5) is 28.3. The Hall–Kier alpha value is -2.75. The number of anilines is 4. The molecular weight excluding hydrogens is 412 g/mol. The van der Waals surface area contributed by atoms with Gasteiger partial charge in [-0.15, -0.1) is 0 Å². The van der Waals surface area contributed by atoms with Crippen LogP contribution in [0.25, 0.3) is 0 Å². The third-order valence-electron chi connectivity index (χ3n) is 4.40. The number of carbonyl (C=O) groups is 1. The van der Waals surface area contributed by atoms with E-state index in [4.69, 9.17) is 16.3 Å². The van der Waals surface area contributed by atoms with Crippen molar-refractivity contribution in [3.05, 3.63) is 52.3 Å². The van der Waals surface area contributed by atoms with Gasteiger partial charge in [-0.3, -0.25) is 4.79 Å². The lowest BCUT2D eigenvalue weighted by molar-refractivity contribution is 0.103. The maximum absolute atomic E-state index is 12.6. The first-order chi connectivity index (χ1) is 14.1. The van der Waals surface area contributed by atoms with Crippen LogP contribution in [0.5, 0.6) is 0 Å². The minimum Gasteiger partial charge on any atom is -0.378 e. The number of rotatable bonds is 5. The van der Waals surface area contributed by atoms with Crippen LogP contribution in [0.2, 0.25) is 5.02 Å². The van der Waals surface area contributed by atoms with Gasteiger partial charge in [0.1, 0.15) is 4.88 Å². The van der Waals surface area contributed by atoms with Gasteiger partial charge in [-0.2, -0.15) is 0 Å². The van der Waals surface area contributed by atoms with Crippen LogP contribution in [-0.4, -0.2) is 47.2 Å². The normalized spacial score (nSPS) is 13.9. The second-order valence-electron chi connectivity index (χ2n) is 6.37. The van der Waals surface area contributed by atoms with Crippen LogP contribution in [0.1, 0.15) is 15.2 Å². The minimum absolute atomic E-state index is 0.265. The number of hydrogen-bond donors (Lipinski definition) is 2. The van der Waals surface area contributed by atoms with Crippen molar-refractivity contribution < 1.29 is 9.53 Å². The molecule has 1 saturated heterocycles. The van der Waals surface area contributed by atoms with E-state index in [1.807, 2.05) is 19.1 Å². The van der Waals surface area contributed by atoms with Crippen molar-refractivity contribution in [3.8, 4) is 0 Å². The highest BCUT2D eigenvalue weighted by Gasteiger charge is 2.19. The molecule has 1 aliphatic rings. The fourth-order valence-corrected chi connectivity index (χ4v) is 3.91. The highest BCUT2D eigenvalue weighted by atomic mass is 35.5. The molecular formula is C19H19ClN6O2S. The number of aryl methyl sites for hydroxylation is 1. The Kier molecular flexibility index (Phi) is 5.89. The summed E-state index contributed by atoms with van der Waals surface area (Å²) in [5.74, 6) is 1.07. The number of ether oxygens (including phenoxy) is 1. The lowest BCUT2D eigenvalue weighted by atomic mass is 10.2. The van der Waals surface area contributed by atoms with Gasteiger partial charge < -0.3 is 20.3 Å². The molecule has 0 unspecified atom stereocenters. The van der Waals surface area contributed by atoms with E-state index < -0.39 is 0 Å². The van der Waals surface area contributed by atoms with Crippen LogP contribution in [0.4, 0.5) is 22.5 Å². The predicted octanol–water partition coefficient (Wildman–Crippen LogP) is 3.73. The third-order valence-corrected chi connectivity index (χ3v) is 5.63. The first-order valence-corrected chi connectivity index (χ1v) is 10.2. The number of para-hydroxylation sites is 1. The number of amides is 1. The number of aromatic nitrogens is 3. The molecule has 3 aromatic rings. The molecule has 1 amide bonds. The van der Waals surface area contributed by atoms with Gasteiger partial charge in [0, 0.05) is 25.5 Å². The molecule has 10 heteroatoms. The van der Waals surface area contributed by atoms with Crippen LogP contribution < -0.4 is 15.5 Å². The van der Waals surface area contributed by atoms with Gasteiger partial charge in [-0.1, -0.05) is 35.1 Å². The van der Waals surface area contributed by atoms with E-state index >= 15 is 0 Å². The fourth-order valence-electron chi connectivity index (χ4n) is 2.93. The summed E-state index contributed by atoms with van der Waals surface area (Å²) in [7, 11) is 0. The number of hydrogen-bond acceptors (Lipinski definition) is 8. The zero-order valence-electron chi connectivity index (χ0n) is 15.7. The lowest BCUT2D eigenvalue weighted by Crippen LogP contribution is -2.37. The molecule has 0 spiro atoms. The van der Waals surface area contributed by atoms with Crippen molar-refractivity contribution in [2.75, 3.05) is 41.8 Å². The van der Waals surface area contributed by atoms with Gasteiger partial charge >= 0.3 is 0 Å². The molecule has 1 fully saturated rings. The van der Waals surface area contributed by atoms with E-state index in [0.29, 0.717) is 39.8 Å². The van der Waals surface area contributed by atoms with Gasteiger partial charge in [0.15, 0.2) is 16.8 Å². The topological polar surface area (TPSA) is 92.3 Å². The molecule has 0 saturated carbocycles. The van der Waals surface area contributed by atoms with Crippen molar-refractivity contribution in [1.82, 2.24) is 15.0 Å². The molecule has 1 aliphatic heterocycles. The van der Waals surface area contributed by atoms with Crippen molar-refractivity contribution in [3.63, 3.8) is 0 Å². The van der Waals surface area contributed by atoms with Gasteiger partial charge in [0.05, 0.1) is 30.1 Å². The zero-order valence-corrected chi connectivity index (χ0v) is 17.3. The molecule has 0 bridgehead atoms. The largest absolute Gasteiger partial charge is 0.378 e. The molecule has 2 N–H and O–H groups in total. The van der Waals surface area contributed by atoms with Gasteiger partial charge in [-0.25, -0.2) is 15.0 Å². The Bertz CT molecular complexity index is 1000. The molecule has 29 heavy (non-hydrogen) atoms. The van der Waals surface area contributed by atoms with Gasteiger partial charge in [-0.05, 0) is 18.6 Å². The molecule has 0 aliphatic carbocycles. The van der Waals surface area contributed by atoms with Crippen LogP contribution >= 0.6 is 22.9 Å². The number of nitrogens with one attached hydrogen (secondary N) is 2. The Morgan fingerprint density at radius 2 is 2.00 bits per heavy atom. The molecule has 8 nitrogen and oxygen atoms in total. The van der Waals surface area contributed by atoms with Gasteiger partial charge in [0.2, 0.25) is 0 Å². The molecule has 3 heterocycles. The van der Waals surface area contributed by atoms with E-state index in [1.165, 1.54) is 17.5 Å². The maximum Gasteiger partial charge on any atom is 0.267 e. The SMILES string of the molecule is Cc1cccc(Cl)c1NC(=O)c1cnc(Nc2nccnc2N2CCOCC2)s1. The second kappa shape index (κ2) is 8.73. The standard InChI is InChI=1S/C19H19ClN6O2S/c1-12-3-2-4-13(20)15(12)24-18(27)14-11-23-19(29-14)25-16-17(22-6-5-21-16)26-7-9-28-10-8-26/h2-6,11H,7-10H2,1H3,(H,24,27)(H,21,23,25).